The summed E-state index contributed by atoms with van der Waals surface area (Å²) in [4.78, 5) is 15.1. The Labute approximate surface area is 154 Å². The Morgan fingerprint density at radius 3 is 2.73 bits per heavy atom. The molecule has 1 N–H and O–H groups in total. The third-order valence-electron chi connectivity index (χ3n) is 6.32. The predicted molar refractivity (Wildman–Crippen MR) is 99.7 cm³/mol. The molecule has 1 amide bonds. The highest BCUT2D eigenvalue weighted by molar-refractivity contribution is 5.82. The molecule has 3 aliphatic rings. The summed E-state index contributed by atoms with van der Waals surface area (Å²) in [6.45, 7) is 4.86. The molecule has 26 heavy (non-hydrogen) atoms. The maximum absolute atomic E-state index is 13.3. The minimum atomic E-state index is -0.0360. The van der Waals surface area contributed by atoms with Crippen molar-refractivity contribution < 1.29 is 9.90 Å². The van der Waals surface area contributed by atoms with E-state index in [1.54, 1.807) is 12.1 Å². The van der Waals surface area contributed by atoms with Gasteiger partial charge in [0.15, 0.2) is 0 Å². The lowest BCUT2D eigenvalue weighted by molar-refractivity contribution is -0.143. The molecule has 138 valence electrons. The van der Waals surface area contributed by atoms with Gasteiger partial charge in [-0.25, -0.2) is 0 Å². The van der Waals surface area contributed by atoms with E-state index >= 15 is 0 Å². The van der Waals surface area contributed by atoms with Gasteiger partial charge in [0, 0.05) is 36.9 Å². The fraction of sp³-hybridized carbons (Fsp3) is 0.524. The van der Waals surface area contributed by atoms with E-state index in [9.17, 15) is 9.90 Å². The molecule has 3 saturated carbocycles. The van der Waals surface area contributed by atoms with Crippen LogP contribution in [0.25, 0.3) is 0 Å². The van der Waals surface area contributed by atoms with Gasteiger partial charge in [0.2, 0.25) is 5.91 Å². The van der Waals surface area contributed by atoms with Crippen LogP contribution in [-0.2, 0) is 16.8 Å². The van der Waals surface area contributed by atoms with Gasteiger partial charge in [-0.3, -0.25) is 9.48 Å². The third kappa shape index (κ3) is 2.52. The Hall–Kier alpha value is -2.30. The summed E-state index contributed by atoms with van der Waals surface area (Å²) in [5, 5.41) is 13.9. The van der Waals surface area contributed by atoms with E-state index < -0.39 is 0 Å². The second kappa shape index (κ2) is 6.15. The molecule has 5 nitrogen and oxygen atoms in total. The van der Waals surface area contributed by atoms with Crippen LogP contribution >= 0.6 is 0 Å². The van der Waals surface area contributed by atoms with E-state index in [1.807, 2.05) is 30.3 Å². The molecule has 0 spiro atoms. The van der Waals surface area contributed by atoms with Crippen LogP contribution in [0.5, 0.6) is 5.75 Å². The van der Waals surface area contributed by atoms with Gasteiger partial charge >= 0.3 is 0 Å². The number of aromatic hydroxyl groups is 1. The maximum Gasteiger partial charge on any atom is 0.226 e. The zero-order valence-electron chi connectivity index (χ0n) is 15.7. The molecule has 5 heteroatoms. The molecular formula is C21H27N3O2. The first kappa shape index (κ1) is 17.1. The predicted octanol–water partition coefficient (Wildman–Crippen LogP) is 3.50. The number of carbonyl (C=O) groups is 1. The Bertz CT molecular complexity index is 807. The highest BCUT2D eigenvalue weighted by Gasteiger charge is 2.64. The average Bonchev–Trinajstić information content (AvgIpc) is 3.30. The van der Waals surface area contributed by atoms with E-state index in [0.29, 0.717) is 18.5 Å². The van der Waals surface area contributed by atoms with Crippen LogP contribution in [0.1, 0.15) is 50.4 Å². The van der Waals surface area contributed by atoms with Crippen molar-refractivity contribution in [2.24, 2.45) is 11.8 Å². The van der Waals surface area contributed by atoms with Crippen LogP contribution in [0.15, 0.2) is 36.5 Å². The van der Waals surface area contributed by atoms with Gasteiger partial charge in [-0.15, -0.1) is 0 Å². The first-order valence-electron chi connectivity index (χ1n) is 9.49. The zero-order valence-corrected chi connectivity index (χ0v) is 15.7. The summed E-state index contributed by atoms with van der Waals surface area (Å²) >= 11 is 0. The van der Waals surface area contributed by atoms with Crippen LogP contribution in [-0.4, -0.2) is 32.7 Å². The lowest BCUT2D eigenvalue weighted by atomic mass is 9.58. The summed E-state index contributed by atoms with van der Waals surface area (Å²) in [5.41, 5.74) is 2.23. The van der Waals surface area contributed by atoms with Gasteiger partial charge < -0.3 is 10.0 Å². The Morgan fingerprint density at radius 2 is 2.08 bits per heavy atom. The van der Waals surface area contributed by atoms with Crippen molar-refractivity contribution in [3.05, 3.63) is 47.8 Å². The third-order valence-corrected chi connectivity index (χ3v) is 6.32. The van der Waals surface area contributed by atoms with E-state index in [-0.39, 0.29) is 23.0 Å². The van der Waals surface area contributed by atoms with Crippen LogP contribution in [0.4, 0.5) is 0 Å². The van der Waals surface area contributed by atoms with E-state index in [1.165, 1.54) is 5.69 Å². The fourth-order valence-electron chi connectivity index (χ4n) is 5.11. The number of phenols is 1. The number of benzene rings is 1. The van der Waals surface area contributed by atoms with E-state index in [2.05, 4.69) is 29.7 Å². The van der Waals surface area contributed by atoms with Crippen molar-refractivity contribution in [3.63, 3.8) is 0 Å². The summed E-state index contributed by atoms with van der Waals surface area (Å²) in [6.07, 6.45) is 5.19. The van der Waals surface area contributed by atoms with Crippen molar-refractivity contribution in [1.82, 2.24) is 14.7 Å². The van der Waals surface area contributed by atoms with Crippen molar-refractivity contribution in [2.75, 3.05) is 7.05 Å². The normalized spacial score (nSPS) is 26.8. The average molecular weight is 353 g/mol. The number of hydrogen-bond donors (Lipinski definition) is 1. The lowest BCUT2D eigenvalue weighted by Gasteiger charge is -2.48. The lowest BCUT2D eigenvalue weighted by Crippen LogP contribution is -2.53. The molecule has 2 bridgehead atoms. The highest BCUT2D eigenvalue weighted by atomic mass is 16.3. The maximum atomic E-state index is 13.3. The number of fused-ring (bicyclic) bond motifs is 1. The van der Waals surface area contributed by atoms with Gasteiger partial charge in [0.25, 0.3) is 0 Å². The number of carbonyl (C=O) groups excluding carboxylic acids is 1. The molecule has 2 aromatic rings. The number of amides is 1. The minimum absolute atomic E-state index is 0.0360. The number of nitrogens with zero attached hydrogens (tertiary/aromatic N) is 3. The molecule has 0 saturated heterocycles. The second-order valence-corrected chi connectivity index (χ2v) is 8.25. The zero-order chi connectivity index (χ0) is 18.5. The molecule has 1 aromatic heterocycles. The fourth-order valence-corrected chi connectivity index (χ4v) is 5.11. The quantitative estimate of drug-likeness (QED) is 0.895. The van der Waals surface area contributed by atoms with Crippen molar-refractivity contribution in [2.45, 2.75) is 51.1 Å². The van der Waals surface area contributed by atoms with Gasteiger partial charge in [0.05, 0.1) is 5.92 Å². The Balaban J connectivity index is 1.56. The number of aromatic nitrogens is 2. The summed E-state index contributed by atoms with van der Waals surface area (Å²) in [7, 11) is 1.89. The van der Waals surface area contributed by atoms with Crippen LogP contribution in [0, 0.1) is 11.8 Å². The standard InChI is InChI=1S/C21H27N3O2/c1-14(2)24-18(9-11-22-24)21-10-8-16(12-21)19(21)20(26)23(3)13-15-4-6-17(25)7-5-15/h4-7,9,11,14,16,19,25H,8,10,12-13H2,1-3H3. The van der Waals surface area contributed by atoms with Crippen molar-refractivity contribution >= 4 is 5.91 Å². The molecule has 0 radical (unpaired) electrons. The smallest absolute Gasteiger partial charge is 0.226 e. The topological polar surface area (TPSA) is 58.4 Å². The molecule has 0 aliphatic heterocycles. The summed E-state index contributed by atoms with van der Waals surface area (Å²) < 4.78 is 2.10. The largest absolute Gasteiger partial charge is 0.508 e. The minimum Gasteiger partial charge on any atom is -0.508 e. The molecule has 1 aromatic carbocycles. The highest BCUT2D eigenvalue weighted by Crippen LogP contribution is 2.64. The number of phenolic OH excluding ortho intramolecular Hbond substituents is 1. The van der Waals surface area contributed by atoms with Gasteiger partial charge in [-0.1, -0.05) is 12.1 Å². The van der Waals surface area contributed by atoms with Crippen molar-refractivity contribution in [3.8, 4) is 5.75 Å². The first-order chi connectivity index (χ1) is 12.4. The van der Waals surface area contributed by atoms with Crippen LogP contribution in [0.3, 0.4) is 0 Å². The Kier molecular flexibility index (Phi) is 4.05. The molecule has 5 rings (SSSR count). The van der Waals surface area contributed by atoms with Crippen molar-refractivity contribution in [1.29, 1.82) is 0 Å². The van der Waals surface area contributed by atoms with Crippen LogP contribution < -0.4 is 0 Å². The van der Waals surface area contributed by atoms with E-state index in [0.717, 1.165) is 24.8 Å². The molecule has 3 atom stereocenters. The van der Waals surface area contributed by atoms with E-state index in [4.69, 9.17) is 0 Å². The van der Waals surface area contributed by atoms with Gasteiger partial charge in [-0.2, -0.15) is 5.10 Å². The van der Waals surface area contributed by atoms with Gasteiger partial charge in [-0.05, 0) is 62.8 Å². The number of hydrogen-bond acceptors (Lipinski definition) is 3. The summed E-state index contributed by atoms with van der Waals surface area (Å²) in [6, 6.07) is 9.50. The SMILES string of the molecule is CC(C)n1nccc1C12CCC(C1)C2C(=O)N(C)Cc1ccc(O)cc1. The van der Waals surface area contributed by atoms with Gasteiger partial charge in [0.1, 0.15) is 5.75 Å². The molecule has 3 unspecified atom stereocenters. The summed E-state index contributed by atoms with van der Waals surface area (Å²) in [5.74, 6) is 1.06. The molecule has 3 fully saturated rings. The Morgan fingerprint density at radius 1 is 1.35 bits per heavy atom. The number of rotatable bonds is 5. The molecule has 1 heterocycles. The van der Waals surface area contributed by atoms with Crippen LogP contribution in [0.2, 0.25) is 0 Å². The first-order valence-corrected chi connectivity index (χ1v) is 9.49. The second-order valence-electron chi connectivity index (χ2n) is 8.25. The monoisotopic (exact) mass is 353 g/mol. The molecular weight excluding hydrogens is 326 g/mol. The molecule has 3 aliphatic carbocycles.